The van der Waals surface area contributed by atoms with E-state index in [-0.39, 0.29) is 6.42 Å². The Balaban J connectivity index is 1.65. The number of rotatable bonds is 8. The molecule has 31 heavy (non-hydrogen) atoms. The molecule has 0 bridgehead atoms. The predicted octanol–water partition coefficient (Wildman–Crippen LogP) is 1.94. The highest BCUT2D eigenvalue weighted by atomic mass is 16.3. The number of hydrogen-bond acceptors (Lipinski definition) is 7. The zero-order valence-electron chi connectivity index (χ0n) is 16.8. The second-order valence-corrected chi connectivity index (χ2v) is 6.93. The molecule has 0 saturated carbocycles. The van der Waals surface area contributed by atoms with E-state index in [1.807, 2.05) is 25.1 Å². The van der Waals surface area contributed by atoms with Gasteiger partial charge in [0.15, 0.2) is 5.58 Å². The number of imidazole rings is 1. The first-order valence-corrected chi connectivity index (χ1v) is 9.52. The highest BCUT2D eigenvalue weighted by molar-refractivity contribution is 6.37. The lowest BCUT2D eigenvalue weighted by molar-refractivity contribution is -0.137. The van der Waals surface area contributed by atoms with Crippen LogP contribution in [0.5, 0.6) is 0 Å². The van der Waals surface area contributed by atoms with E-state index in [0.29, 0.717) is 39.7 Å². The van der Waals surface area contributed by atoms with Crippen LogP contribution in [-0.4, -0.2) is 37.3 Å². The molecule has 4 heterocycles. The van der Waals surface area contributed by atoms with Gasteiger partial charge in [0.05, 0.1) is 29.9 Å². The van der Waals surface area contributed by atoms with Gasteiger partial charge < -0.3 is 15.5 Å². The van der Waals surface area contributed by atoms with Gasteiger partial charge in [-0.05, 0) is 31.2 Å². The number of Topliss-reactive ketones (excluding diaryl/α,β-unsaturated/α-hetero) is 1. The first kappa shape index (κ1) is 20.0. The second kappa shape index (κ2) is 8.23. The maximum Gasteiger partial charge on any atom is 0.287 e. The fourth-order valence-electron chi connectivity index (χ4n) is 3.38. The summed E-state index contributed by atoms with van der Waals surface area (Å²) in [6.07, 6.45) is 6.59. The largest absolute Gasteiger partial charge is 0.462 e. The van der Waals surface area contributed by atoms with Crippen LogP contribution in [0, 0.1) is 6.92 Å². The number of hydrogen-bond donors (Lipinski definition) is 2. The van der Waals surface area contributed by atoms with Crippen LogP contribution in [0.15, 0.2) is 66.2 Å². The Morgan fingerprint density at radius 2 is 2.00 bits per heavy atom. The summed E-state index contributed by atoms with van der Waals surface area (Å²) >= 11 is 0. The van der Waals surface area contributed by atoms with Crippen LogP contribution in [0.3, 0.4) is 0 Å². The van der Waals surface area contributed by atoms with Crippen LogP contribution in [0.2, 0.25) is 0 Å². The van der Waals surface area contributed by atoms with Crippen molar-refractivity contribution in [3.05, 3.63) is 78.8 Å². The van der Waals surface area contributed by atoms with Gasteiger partial charge in [0.1, 0.15) is 17.2 Å². The molecule has 156 valence electrons. The molecule has 4 rings (SSSR count). The van der Waals surface area contributed by atoms with Crippen LogP contribution in [0.1, 0.15) is 17.1 Å². The van der Waals surface area contributed by atoms with Gasteiger partial charge in [-0.1, -0.05) is 12.6 Å². The molecule has 0 fully saturated rings. The number of nitrogens with two attached hydrogens (primary N) is 1. The number of furan rings is 1. The molecule has 0 spiro atoms. The summed E-state index contributed by atoms with van der Waals surface area (Å²) < 4.78 is 7.30. The lowest BCUT2D eigenvalue weighted by atomic mass is 10.0. The van der Waals surface area contributed by atoms with Crippen LogP contribution in [0.25, 0.3) is 22.6 Å². The second-order valence-electron chi connectivity index (χ2n) is 6.93. The number of primary amides is 1. The Kier molecular flexibility index (Phi) is 5.31. The molecule has 3 N–H and O–H groups in total. The fraction of sp³-hybridized carbons (Fsp3) is 0.136. The summed E-state index contributed by atoms with van der Waals surface area (Å²) in [5.41, 5.74) is 8.17. The summed E-state index contributed by atoms with van der Waals surface area (Å²) in [6.45, 7) is 5.89. The third-order valence-electron chi connectivity index (χ3n) is 4.86. The molecule has 0 saturated heterocycles. The van der Waals surface area contributed by atoms with E-state index < -0.39 is 17.7 Å². The van der Waals surface area contributed by atoms with Gasteiger partial charge in [0, 0.05) is 24.4 Å². The van der Waals surface area contributed by atoms with Gasteiger partial charge in [-0.15, -0.1) is 0 Å². The monoisotopic (exact) mass is 416 g/mol. The molecule has 9 nitrogen and oxygen atoms in total. The predicted molar refractivity (Wildman–Crippen MR) is 114 cm³/mol. The molecule has 1 amide bonds. The Morgan fingerprint density at radius 3 is 2.74 bits per heavy atom. The number of nitrogens with zero attached hydrogens (tertiary/aromatic N) is 4. The van der Waals surface area contributed by atoms with Gasteiger partial charge in [0.2, 0.25) is 5.78 Å². The molecule has 0 aliphatic rings. The summed E-state index contributed by atoms with van der Waals surface area (Å²) in [4.78, 5) is 37.2. The number of ketones is 1. The number of pyridine rings is 2. The molecule has 4 aromatic heterocycles. The lowest BCUT2D eigenvalue weighted by Gasteiger charge is -2.19. The summed E-state index contributed by atoms with van der Waals surface area (Å²) in [7, 11) is 0. The minimum Gasteiger partial charge on any atom is -0.462 e. The zero-order chi connectivity index (χ0) is 22.0. The molecule has 1 unspecified atom stereocenters. The van der Waals surface area contributed by atoms with E-state index in [0.717, 1.165) is 0 Å². The van der Waals surface area contributed by atoms with Crippen molar-refractivity contribution >= 4 is 28.5 Å². The van der Waals surface area contributed by atoms with Crippen molar-refractivity contribution < 1.29 is 14.0 Å². The molecule has 0 aliphatic carbocycles. The first-order chi connectivity index (χ1) is 15.0. The van der Waals surface area contributed by atoms with E-state index in [2.05, 4.69) is 26.8 Å². The normalized spacial score (nSPS) is 11.9. The molecule has 4 aromatic rings. The average Bonchev–Trinajstić information content (AvgIpc) is 3.37. The number of carbonyl (C=O) groups is 2. The third kappa shape index (κ3) is 3.93. The molecular weight excluding hydrogens is 396 g/mol. The highest BCUT2D eigenvalue weighted by Crippen LogP contribution is 2.22. The van der Waals surface area contributed by atoms with Gasteiger partial charge in [-0.25, -0.2) is 9.97 Å². The van der Waals surface area contributed by atoms with Crippen molar-refractivity contribution in [1.29, 1.82) is 0 Å². The number of carbonyl (C=O) groups excluding carboxylic acids is 2. The van der Waals surface area contributed by atoms with Gasteiger partial charge >= 0.3 is 0 Å². The number of aromatic nitrogens is 4. The molecule has 0 aliphatic heterocycles. The minimum absolute atomic E-state index is 0.140. The topological polar surface area (TPSA) is 129 Å². The maximum absolute atomic E-state index is 12.6. The average molecular weight is 416 g/mol. The third-order valence-corrected chi connectivity index (χ3v) is 4.86. The summed E-state index contributed by atoms with van der Waals surface area (Å²) in [5.74, 6) is -0.467. The summed E-state index contributed by atoms with van der Waals surface area (Å²) in [5, 5.41) is 3.04. The van der Waals surface area contributed by atoms with Gasteiger partial charge in [0.25, 0.3) is 5.91 Å². The van der Waals surface area contributed by atoms with E-state index in [4.69, 9.17) is 10.2 Å². The van der Waals surface area contributed by atoms with Crippen LogP contribution < -0.4 is 11.1 Å². The zero-order valence-corrected chi connectivity index (χ0v) is 16.8. The summed E-state index contributed by atoms with van der Waals surface area (Å²) in [6, 6.07) is 8.08. The van der Waals surface area contributed by atoms with Crippen molar-refractivity contribution in [2.24, 2.45) is 5.73 Å². The van der Waals surface area contributed by atoms with Crippen LogP contribution in [0.4, 0.5) is 0 Å². The Hall–Kier alpha value is -4.27. The maximum atomic E-state index is 12.6. The van der Waals surface area contributed by atoms with Crippen molar-refractivity contribution in [2.45, 2.75) is 19.4 Å². The van der Waals surface area contributed by atoms with Crippen LogP contribution in [-0.2, 0) is 16.0 Å². The van der Waals surface area contributed by atoms with Crippen molar-refractivity contribution in [2.75, 3.05) is 0 Å². The van der Waals surface area contributed by atoms with Crippen molar-refractivity contribution in [3.63, 3.8) is 0 Å². The molecular formula is C22H20N6O3. The molecule has 9 heteroatoms. The standard InChI is InChI=1S/C22H20N6O3/c1-13(17-11-26-14(2)28(17)19-7-3-4-8-24-19)27-16(21(29)22(23)30)10-15-12-31-18-6-5-9-25-20(15)18/h3-9,11-12,16,27H,1,10H2,2H3,(H2,23,30). The number of nitrogens with one attached hydrogen (secondary N) is 1. The number of amides is 1. The minimum atomic E-state index is -1.04. The number of fused-ring (bicyclic) bond motifs is 1. The lowest BCUT2D eigenvalue weighted by Crippen LogP contribution is -2.44. The van der Waals surface area contributed by atoms with Crippen molar-refractivity contribution in [1.82, 2.24) is 24.8 Å². The van der Waals surface area contributed by atoms with Crippen molar-refractivity contribution in [3.8, 4) is 5.82 Å². The van der Waals surface area contributed by atoms with Gasteiger partial charge in [-0.3, -0.25) is 19.1 Å². The Bertz CT molecular complexity index is 1270. The van der Waals surface area contributed by atoms with E-state index >= 15 is 0 Å². The smallest absolute Gasteiger partial charge is 0.287 e. The SMILES string of the molecule is C=C(NC(Cc1coc2cccnc12)C(=O)C(N)=O)c1cnc(C)n1-c1ccccn1. The van der Waals surface area contributed by atoms with E-state index in [9.17, 15) is 9.59 Å². The first-order valence-electron chi connectivity index (χ1n) is 9.52. The van der Waals surface area contributed by atoms with E-state index in [1.54, 1.807) is 35.3 Å². The molecule has 0 aromatic carbocycles. The Morgan fingerprint density at radius 1 is 1.19 bits per heavy atom. The van der Waals surface area contributed by atoms with Crippen LogP contribution >= 0.6 is 0 Å². The molecule has 0 radical (unpaired) electrons. The Labute approximate surface area is 177 Å². The fourth-order valence-corrected chi connectivity index (χ4v) is 3.38. The quantitative estimate of drug-likeness (QED) is 0.420. The van der Waals surface area contributed by atoms with Gasteiger partial charge in [-0.2, -0.15) is 0 Å². The number of aryl methyl sites for hydroxylation is 1. The van der Waals surface area contributed by atoms with E-state index in [1.165, 1.54) is 6.26 Å². The molecule has 1 atom stereocenters. The highest BCUT2D eigenvalue weighted by Gasteiger charge is 2.27.